The van der Waals surface area contributed by atoms with E-state index in [9.17, 15) is 4.79 Å². The number of carbonyl (C=O) groups is 1. The molecule has 0 atom stereocenters. The van der Waals surface area contributed by atoms with Crippen molar-refractivity contribution in [2.75, 3.05) is 14.2 Å². The van der Waals surface area contributed by atoms with E-state index in [-0.39, 0.29) is 5.91 Å². The van der Waals surface area contributed by atoms with Crippen LogP contribution in [0.3, 0.4) is 0 Å². The van der Waals surface area contributed by atoms with Crippen LogP contribution in [0, 0.1) is 6.92 Å². The highest BCUT2D eigenvalue weighted by Crippen LogP contribution is 2.35. The van der Waals surface area contributed by atoms with Gasteiger partial charge in [-0.1, -0.05) is 29.8 Å². The van der Waals surface area contributed by atoms with Crippen LogP contribution in [-0.4, -0.2) is 30.1 Å². The first-order valence-corrected chi connectivity index (χ1v) is 10.8. The topological polar surface area (TPSA) is 41.9 Å². The first-order chi connectivity index (χ1) is 14.0. The average molecular weight is 421 g/mol. The SMILES string of the molecule is COc1ccc(-c2csc(/C=C3\SC(=Nc4ccc(C)cc4)N(C)C3=O)c2)cc1. The Morgan fingerprint density at radius 1 is 1.03 bits per heavy atom. The largest absolute Gasteiger partial charge is 0.497 e. The Labute approximate surface area is 178 Å². The van der Waals surface area contributed by atoms with Gasteiger partial charge in [-0.25, -0.2) is 4.99 Å². The number of aryl methyl sites for hydroxylation is 1. The Morgan fingerprint density at radius 2 is 1.76 bits per heavy atom. The van der Waals surface area contributed by atoms with Crippen LogP contribution in [0.2, 0.25) is 0 Å². The van der Waals surface area contributed by atoms with Crippen LogP contribution < -0.4 is 4.74 Å². The summed E-state index contributed by atoms with van der Waals surface area (Å²) in [4.78, 5) is 20.6. The number of thiophene rings is 1. The first kappa shape index (κ1) is 19.5. The lowest BCUT2D eigenvalue weighted by Gasteiger charge is -2.07. The highest BCUT2D eigenvalue weighted by molar-refractivity contribution is 8.18. The van der Waals surface area contributed by atoms with E-state index in [4.69, 9.17) is 4.74 Å². The van der Waals surface area contributed by atoms with Crippen LogP contribution >= 0.6 is 23.1 Å². The number of hydrogen-bond donors (Lipinski definition) is 0. The molecule has 2 heterocycles. The summed E-state index contributed by atoms with van der Waals surface area (Å²) < 4.78 is 5.22. The number of aliphatic imine (C=N–C) groups is 1. The molecule has 0 saturated carbocycles. The molecule has 0 bridgehead atoms. The third-order valence-electron chi connectivity index (χ3n) is 4.58. The van der Waals surface area contributed by atoms with Crippen molar-refractivity contribution in [3.05, 3.63) is 75.3 Å². The van der Waals surface area contributed by atoms with Gasteiger partial charge in [0.2, 0.25) is 0 Å². The molecule has 2 aromatic carbocycles. The monoisotopic (exact) mass is 420 g/mol. The third-order valence-corrected chi connectivity index (χ3v) is 6.52. The first-order valence-electron chi connectivity index (χ1n) is 9.09. The highest BCUT2D eigenvalue weighted by Gasteiger charge is 2.30. The van der Waals surface area contributed by atoms with E-state index in [1.807, 2.05) is 61.5 Å². The minimum Gasteiger partial charge on any atom is -0.497 e. The average Bonchev–Trinajstić information content (AvgIpc) is 3.31. The number of benzene rings is 2. The fourth-order valence-corrected chi connectivity index (χ4v) is 4.77. The molecule has 1 aliphatic heterocycles. The molecule has 0 spiro atoms. The summed E-state index contributed by atoms with van der Waals surface area (Å²) in [6.45, 7) is 2.04. The van der Waals surface area contributed by atoms with E-state index in [0.717, 1.165) is 27.4 Å². The molecule has 0 unspecified atom stereocenters. The molecule has 1 aliphatic rings. The Balaban J connectivity index is 1.56. The maximum absolute atomic E-state index is 12.7. The van der Waals surface area contributed by atoms with Crippen molar-refractivity contribution in [2.45, 2.75) is 6.92 Å². The molecule has 0 N–H and O–H groups in total. The summed E-state index contributed by atoms with van der Waals surface area (Å²) in [5.74, 6) is 0.808. The molecule has 1 fully saturated rings. The lowest BCUT2D eigenvalue weighted by atomic mass is 10.1. The molecule has 6 heteroatoms. The second-order valence-electron chi connectivity index (χ2n) is 6.67. The van der Waals surface area contributed by atoms with Gasteiger partial charge < -0.3 is 4.74 Å². The molecule has 0 radical (unpaired) electrons. The zero-order valence-corrected chi connectivity index (χ0v) is 18.0. The molecule has 29 heavy (non-hydrogen) atoms. The number of amides is 1. The van der Waals surface area contributed by atoms with Gasteiger partial charge in [0.15, 0.2) is 5.17 Å². The Bertz CT molecular complexity index is 1100. The van der Waals surface area contributed by atoms with Crippen LogP contribution in [0.15, 0.2) is 69.9 Å². The lowest BCUT2D eigenvalue weighted by Crippen LogP contribution is -2.23. The molecule has 1 amide bonds. The molecule has 3 aromatic rings. The standard InChI is InChI=1S/C23H20N2O2S2/c1-15-4-8-18(9-5-15)24-23-25(2)22(26)21(29-23)13-20-12-17(14-28-20)16-6-10-19(27-3)11-7-16/h4-14H,1-3H3/b21-13-,24-23?. The minimum absolute atomic E-state index is 0.0275. The third kappa shape index (κ3) is 4.28. The predicted molar refractivity (Wildman–Crippen MR) is 123 cm³/mol. The number of thioether (sulfide) groups is 1. The van der Waals surface area contributed by atoms with E-state index < -0.39 is 0 Å². The molecule has 0 aliphatic carbocycles. The number of nitrogens with zero attached hydrogens (tertiary/aromatic N) is 2. The van der Waals surface area contributed by atoms with E-state index in [2.05, 4.69) is 16.4 Å². The van der Waals surface area contributed by atoms with Crippen molar-refractivity contribution in [2.24, 2.45) is 4.99 Å². The normalized spacial score (nSPS) is 16.8. The van der Waals surface area contributed by atoms with E-state index in [1.54, 1.807) is 30.4 Å². The van der Waals surface area contributed by atoms with E-state index in [0.29, 0.717) is 10.1 Å². The second-order valence-corrected chi connectivity index (χ2v) is 8.62. The molecular weight excluding hydrogens is 400 g/mol. The quantitative estimate of drug-likeness (QED) is 0.489. The van der Waals surface area contributed by atoms with Gasteiger partial charge in [-0.3, -0.25) is 9.69 Å². The summed E-state index contributed by atoms with van der Waals surface area (Å²) in [7, 11) is 3.42. The number of rotatable bonds is 4. The molecule has 4 nitrogen and oxygen atoms in total. The summed E-state index contributed by atoms with van der Waals surface area (Å²) in [5, 5.41) is 2.79. The molecule has 4 rings (SSSR count). The smallest absolute Gasteiger partial charge is 0.266 e. The highest BCUT2D eigenvalue weighted by atomic mass is 32.2. The van der Waals surface area contributed by atoms with Crippen molar-refractivity contribution in [3.8, 4) is 16.9 Å². The van der Waals surface area contributed by atoms with Crippen molar-refractivity contribution in [1.29, 1.82) is 0 Å². The zero-order chi connectivity index (χ0) is 20.4. The zero-order valence-electron chi connectivity index (χ0n) is 16.4. The summed E-state index contributed by atoms with van der Waals surface area (Å²) in [6, 6.07) is 18.0. The Hall–Kier alpha value is -2.83. The molecule has 146 valence electrons. The number of carbonyl (C=O) groups excluding carboxylic acids is 1. The number of hydrogen-bond acceptors (Lipinski definition) is 5. The van der Waals surface area contributed by atoms with Crippen molar-refractivity contribution >= 4 is 45.9 Å². The van der Waals surface area contributed by atoms with Crippen LogP contribution in [0.1, 0.15) is 10.4 Å². The summed E-state index contributed by atoms with van der Waals surface area (Å²) in [6.07, 6.45) is 1.94. The molecular formula is C23H20N2O2S2. The van der Waals surface area contributed by atoms with E-state index >= 15 is 0 Å². The van der Waals surface area contributed by atoms with Crippen LogP contribution in [0.25, 0.3) is 17.2 Å². The predicted octanol–water partition coefficient (Wildman–Crippen LogP) is 5.97. The van der Waals surface area contributed by atoms with E-state index in [1.165, 1.54) is 17.3 Å². The number of likely N-dealkylation sites (N-methyl/N-ethyl adjacent to an activating group) is 1. The Kier molecular flexibility index (Phi) is 5.56. The van der Waals surface area contributed by atoms with Gasteiger partial charge in [0.1, 0.15) is 5.75 Å². The van der Waals surface area contributed by atoms with Gasteiger partial charge in [0.05, 0.1) is 17.7 Å². The lowest BCUT2D eigenvalue weighted by molar-refractivity contribution is -0.121. The summed E-state index contributed by atoms with van der Waals surface area (Å²) in [5.41, 5.74) is 4.28. The van der Waals surface area contributed by atoms with Gasteiger partial charge >= 0.3 is 0 Å². The molecule has 1 saturated heterocycles. The van der Waals surface area contributed by atoms with Gasteiger partial charge in [-0.05, 0) is 71.6 Å². The maximum Gasteiger partial charge on any atom is 0.266 e. The Morgan fingerprint density at radius 3 is 2.45 bits per heavy atom. The molecule has 1 aromatic heterocycles. The second kappa shape index (κ2) is 8.27. The minimum atomic E-state index is -0.0275. The van der Waals surface area contributed by atoms with Crippen molar-refractivity contribution in [1.82, 2.24) is 4.90 Å². The van der Waals surface area contributed by atoms with Gasteiger partial charge in [0, 0.05) is 11.9 Å². The fourth-order valence-electron chi connectivity index (χ4n) is 2.87. The number of methoxy groups -OCH3 is 1. The van der Waals surface area contributed by atoms with Gasteiger partial charge in [0.25, 0.3) is 5.91 Å². The van der Waals surface area contributed by atoms with Crippen molar-refractivity contribution < 1.29 is 9.53 Å². The van der Waals surface area contributed by atoms with Crippen molar-refractivity contribution in [3.63, 3.8) is 0 Å². The fraction of sp³-hybridized carbons (Fsp3) is 0.130. The number of ether oxygens (including phenoxy) is 1. The van der Waals surface area contributed by atoms with Crippen LogP contribution in [-0.2, 0) is 4.79 Å². The van der Waals surface area contributed by atoms with Crippen LogP contribution in [0.4, 0.5) is 5.69 Å². The van der Waals surface area contributed by atoms with Gasteiger partial charge in [-0.2, -0.15) is 0 Å². The summed E-state index contributed by atoms with van der Waals surface area (Å²) >= 11 is 3.03. The number of amidine groups is 1. The van der Waals surface area contributed by atoms with Crippen LogP contribution in [0.5, 0.6) is 5.75 Å². The maximum atomic E-state index is 12.7. The van der Waals surface area contributed by atoms with Gasteiger partial charge in [-0.15, -0.1) is 11.3 Å².